The normalized spacial score (nSPS) is 15.5. The monoisotopic (exact) mass is 314 g/mol. The van der Waals surface area contributed by atoms with Gasteiger partial charge in [-0.3, -0.25) is 4.79 Å². The molecule has 2 N–H and O–H groups in total. The highest BCUT2D eigenvalue weighted by atomic mass is 35.5. The first-order chi connectivity index (χ1) is 9.15. The maximum absolute atomic E-state index is 12.1. The van der Waals surface area contributed by atoms with Gasteiger partial charge in [-0.2, -0.15) is 0 Å². The van der Waals surface area contributed by atoms with Crippen molar-refractivity contribution in [2.75, 3.05) is 19.6 Å². The molecule has 1 saturated heterocycles. The third kappa shape index (κ3) is 2.58. The molecule has 0 unspecified atom stereocenters. The predicted octanol–water partition coefficient (Wildman–Crippen LogP) is 3.16. The average molecular weight is 315 g/mol. The molecule has 0 radical (unpaired) electrons. The second kappa shape index (κ2) is 5.29. The van der Waals surface area contributed by atoms with Crippen molar-refractivity contribution in [2.45, 2.75) is 0 Å². The molecule has 0 aliphatic carbocycles. The third-order valence-electron chi connectivity index (χ3n) is 3.22. The van der Waals surface area contributed by atoms with Crippen molar-refractivity contribution in [3.63, 3.8) is 0 Å². The zero-order valence-electron chi connectivity index (χ0n) is 10.0. The number of benzene rings is 1. The molecule has 2 heterocycles. The molecule has 1 aromatic carbocycles. The van der Waals surface area contributed by atoms with Gasteiger partial charge in [-0.05, 0) is 12.1 Å². The van der Waals surface area contributed by atoms with Gasteiger partial charge in [-0.25, -0.2) is 0 Å². The largest absolute Gasteiger partial charge is 0.351 e. The van der Waals surface area contributed by atoms with Gasteiger partial charge in [0, 0.05) is 40.7 Å². The van der Waals surface area contributed by atoms with Crippen LogP contribution in [0.4, 0.5) is 0 Å². The molecule has 3 rings (SSSR count). The van der Waals surface area contributed by atoms with Gasteiger partial charge < -0.3 is 10.6 Å². The number of carbonyl (C=O) groups is 1. The van der Waals surface area contributed by atoms with Crippen LogP contribution in [-0.4, -0.2) is 25.5 Å². The fourth-order valence-corrected chi connectivity index (χ4v) is 3.70. The zero-order chi connectivity index (χ0) is 13.4. The molecule has 0 saturated carbocycles. The SMILES string of the molecule is O=C(NCC1CNC1)c1sc2cc(Cl)ccc2c1Cl. The second-order valence-electron chi connectivity index (χ2n) is 4.62. The van der Waals surface area contributed by atoms with Gasteiger partial charge in [0.2, 0.25) is 0 Å². The van der Waals surface area contributed by atoms with E-state index in [0.29, 0.717) is 27.4 Å². The van der Waals surface area contributed by atoms with Crippen LogP contribution in [0, 0.1) is 5.92 Å². The van der Waals surface area contributed by atoms with Crippen LogP contribution in [0.25, 0.3) is 10.1 Å². The smallest absolute Gasteiger partial charge is 0.262 e. The summed E-state index contributed by atoms with van der Waals surface area (Å²) in [7, 11) is 0. The molecular formula is C13H12Cl2N2OS. The Morgan fingerprint density at radius 1 is 1.42 bits per heavy atom. The van der Waals surface area contributed by atoms with E-state index in [-0.39, 0.29) is 5.91 Å². The highest BCUT2D eigenvalue weighted by Crippen LogP contribution is 2.36. The highest BCUT2D eigenvalue weighted by Gasteiger charge is 2.20. The summed E-state index contributed by atoms with van der Waals surface area (Å²) in [6.45, 7) is 2.63. The van der Waals surface area contributed by atoms with Gasteiger partial charge in [-0.1, -0.05) is 29.3 Å². The van der Waals surface area contributed by atoms with Crippen LogP contribution >= 0.6 is 34.5 Å². The minimum Gasteiger partial charge on any atom is -0.351 e. The van der Waals surface area contributed by atoms with Gasteiger partial charge in [-0.15, -0.1) is 11.3 Å². The summed E-state index contributed by atoms with van der Waals surface area (Å²) in [6, 6.07) is 5.47. The van der Waals surface area contributed by atoms with E-state index in [1.54, 1.807) is 6.07 Å². The molecule has 1 aliphatic heterocycles. The Labute approximate surface area is 124 Å². The van der Waals surface area contributed by atoms with Crippen molar-refractivity contribution in [3.8, 4) is 0 Å². The summed E-state index contributed by atoms with van der Waals surface area (Å²) < 4.78 is 0.938. The first kappa shape index (κ1) is 13.2. The molecule has 6 heteroatoms. The summed E-state index contributed by atoms with van der Waals surface area (Å²) in [5.74, 6) is 0.431. The second-order valence-corrected chi connectivity index (χ2v) is 6.49. The Morgan fingerprint density at radius 2 is 2.21 bits per heavy atom. The highest BCUT2D eigenvalue weighted by molar-refractivity contribution is 7.21. The third-order valence-corrected chi connectivity index (χ3v) is 5.11. The van der Waals surface area contributed by atoms with Gasteiger partial charge >= 0.3 is 0 Å². The first-order valence-electron chi connectivity index (χ1n) is 6.01. The van der Waals surface area contributed by atoms with Crippen LogP contribution < -0.4 is 10.6 Å². The summed E-state index contributed by atoms with van der Waals surface area (Å²) in [5.41, 5.74) is 0. The molecule has 0 spiro atoms. The number of thiophene rings is 1. The van der Waals surface area contributed by atoms with Crippen molar-refractivity contribution in [1.29, 1.82) is 0 Å². The Bertz CT molecular complexity index is 637. The summed E-state index contributed by atoms with van der Waals surface area (Å²) in [4.78, 5) is 12.7. The lowest BCUT2D eigenvalue weighted by Crippen LogP contribution is -2.48. The van der Waals surface area contributed by atoms with Crippen molar-refractivity contribution >= 4 is 50.5 Å². The van der Waals surface area contributed by atoms with E-state index in [9.17, 15) is 4.79 Å². The molecule has 0 bridgehead atoms. The predicted molar refractivity (Wildman–Crippen MR) is 80.5 cm³/mol. The quantitative estimate of drug-likeness (QED) is 0.913. The molecule has 3 nitrogen and oxygen atoms in total. The Balaban J connectivity index is 1.82. The molecule has 1 aliphatic rings. The van der Waals surface area contributed by atoms with Crippen molar-refractivity contribution < 1.29 is 4.79 Å². The number of nitrogens with one attached hydrogen (secondary N) is 2. The number of hydrogen-bond acceptors (Lipinski definition) is 3. The Morgan fingerprint density at radius 3 is 2.89 bits per heavy atom. The fourth-order valence-electron chi connectivity index (χ4n) is 2.00. The van der Waals surface area contributed by atoms with Crippen molar-refractivity contribution in [1.82, 2.24) is 10.6 Å². The van der Waals surface area contributed by atoms with Crippen molar-refractivity contribution in [2.24, 2.45) is 5.92 Å². The van der Waals surface area contributed by atoms with E-state index in [0.717, 1.165) is 23.2 Å². The van der Waals surface area contributed by atoms with Crippen LogP contribution in [0.1, 0.15) is 9.67 Å². The molecule has 1 aromatic heterocycles. The van der Waals surface area contributed by atoms with Crippen LogP contribution in [0.2, 0.25) is 10.0 Å². The number of fused-ring (bicyclic) bond motifs is 1. The summed E-state index contributed by atoms with van der Waals surface area (Å²) in [6.07, 6.45) is 0. The Kier molecular flexibility index (Phi) is 3.67. The van der Waals surface area contributed by atoms with Crippen LogP contribution in [0.5, 0.6) is 0 Å². The van der Waals surface area contributed by atoms with E-state index in [1.165, 1.54) is 11.3 Å². The summed E-state index contributed by atoms with van der Waals surface area (Å²) >= 11 is 13.6. The van der Waals surface area contributed by atoms with Crippen LogP contribution in [0.15, 0.2) is 18.2 Å². The first-order valence-corrected chi connectivity index (χ1v) is 7.59. The fraction of sp³-hybridized carbons (Fsp3) is 0.308. The minimum absolute atomic E-state index is 0.103. The number of rotatable bonds is 3. The number of hydrogen-bond donors (Lipinski definition) is 2. The maximum Gasteiger partial charge on any atom is 0.262 e. The van der Waals surface area contributed by atoms with Gasteiger partial charge in [0.15, 0.2) is 0 Å². The molecule has 1 fully saturated rings. The molecule has 2 aromatic rings. The van der Waals surface area contributed by atoms with E-state index >= 15 is 0 Å². The zero-order valence-corrected chi connectivity index (χ0v) is 12.3. The summed E-state index contributed by atoms with van der Waals surface area (Å²) in [5, 5.41) is 8.15. The number of amides is 1. The van der Waals surface area contributed by atoms with Gasteiger partial charge in [0.1, 0.15) is 4.88 Å². The maximum atomic E-state index is 12.1. The van der Waals surface area contributed by atoms with Crippen LogP contribution in [-0.2, 0) is 0 Å². The van der Waals surface area contributed by atoms with E-state index in [2.05, 4.69) is 10.6 Å². The van der Waals surface area contributed by atoms with Crippen LogP contribution in [0.3, 0.4) is 0 Å². The number of halogens is 2. The molecular weight excluding hydrogens is 303 g/mol. The molecule has 1 amide bonds. The molecule has 19 heavy (non-hydrogen) atoms. The molecule has 100 valence electrons. The minimum atomic E-state index is -0.103. The topological polar surface area (TPSA) is 41.1 Å². The Hall–Kier alpha value is -0.810. The van der Waals surface area contributed by atoms with E-state index < -0.39 is 0 Å². The van der Waals surface area contributed by atoms with E-state index in [1.807, 2.05) is 12.1 Å². The standard InChI is InChI=1S/C13H12Cl2N2OS/c14-8-1-2-9-10(3-8)19-12(11(9)15)13(18)17-6-7-4-16-5-7/h1-3,7,16H,4-6H2,(H,17,18). The number of carbonyl (C=O) groups excluding carboxylic acids is 1. The lowest BCUT2D eigenvalue weighted by atomic mass is 10.0. The molecule has 0 atom stereocenters. The average Bonchev–Trinajstić information content (AvgIpc) is 2.64. The van der Waals surface area contributed by atoms with Gasteiger partial charge in [0.25, 0.3) is 5.91 Å². The lowest BCUT2D eigenvalue weighted by Gasteiger charge is -2.26. The lowest BCUT2D eigenvalue weighted by molar-refractivity contribution is 0.0946. The van der Waals surface area contributed by atoms with Gasteiger partial charge in [0.05, 0.1) is 5.02 Å². The van der Waals surface area contributed by atoms with E-state index in [4.69, 9.17) is 23.2 Å². The van der Waals surface area contributed by atoms with Crippen molar-refractivity contribution in [3.05, 3.63) is 33.1 Å².